The van der Waals surface area contributed by atoms with Gasteiger partial charge >= 0.3 is 5.97 Å². The van der Waals surface area contributed by atoms with Gasteiger partial charge in [0.05, 0.1) is 6.42 Å². The second-order valence-electron chi connectivity index (χ2n) is 4.68. The number of hydrogen-bond acceptors (Lipinski definition) is 3. The van der Waals surface area contributed by atoms with E-state index in [9.17, 15) is 9.59 Å². The summed E-state index contributed by atoms with van der Waals surface area (Å²) in [5.74, 6) is -0.693. The van der Waals surface area contributed by atoms with Crippen molar-refractivity contribution < 1.29 is 14.3 Å². The SMILES string of the molecule is C[C@@H](OC(=O)Cc1ccccc1Cl)C(=O)NC1CC1. The van der Waals surface area contributed by atoms with Gasteiger partial charge in [-0.05, 0) is 31.4 Å². The number of carbonyl (C=O) groups excluding carboxylic acids is 2. The van der Waals surface area contributed by atoms with Gasteiger partial charge in [-0.1, -0.05) is 29.8 Å². The second kappa shape index (κ2) is 6.06. The number of rotatable bonds is 5. The van der Waals surface area contributed by atoms with Crippen LogP contribution in [-0.2, 0) is 20.7 Å². The van der Waals surface area contributed by atoms with Gasteiger partial charge in [-0.25, -0.2) is 0 Å². The molecule has 1 N–H and O–H groups in total. The predicted octanol–water partition coefficient (Wildman–Crippen LogP) is 2.09. The number of esters is 1. The summed E-state index contributed by atoms with van der Waals surface area (Å²) in [4.78, 5) is 23.4. The molecular weight excluding hydrogens is 266 g/mol. The van der Waals surface area contributed by atoms with Crippen molar-refractivity contribution in [1.29, 1.82) is 0 Å². The number of amides is 1. The van der Waals surface area contributed by atoms with E-state index in [1.54, 1.807) is 31.2 Å². The van der Waals surface area contributed by atoms with E-state index in [4.69, 9.17) is 16.3 Å². The van der Waals surface area contributed by atoms with Crippen LogP contribution in [0.25, 0.3) is 0 Å². The maximum atomic E-state index is 11.7. The van der Waals surface area contributed by atoms with E-state index in [0.717, 1.165) is 12.8 Å². The Labute approximate surface area is 117 Å². The maximum Gasteiger partial charge on any atom is 0.311 e. The molecule has 0 heterocycles. The van der Waals surface area contributed by atoms with Crippen molar-refractivity contribution in [3.63, 3.8) is 0 Å². The van der Waals surface area contributed by atoms with Crippen molar-refractivity contribution in [2.75, 3.05) is 0 Å². The van der Waals surface area contributed by atoms with Crippen molar-refractivity contribution in [2.24, 2.45) is 0 Å². The second-order valence-corrected chi connectivity index (χ2v) is 5.09. The Morgan fingerprint density at radius 1 is 1.42 bits per heavy atom. The average Bonchev–Trinajstić information content (AvgIpc) is 3.16. The van der Waals surface area contributed by atoms with Crippen LogP contribution in [0.4, 0.5) is 0 Å². The molecule has 102 valence electrons. The van der Waals surface area contributed by atoms with Gasteiger partial charge in [-0.15, -0.1) is 0 Å². The molecule has 1 saturated carbocycles. The summed E-state index contributed by atoms with van der Waals surface area (Å²) in [5, 5.41) is 3.31. The van der Waals surface area contributed by atoms with Crippen LogP contribution in [0, 0.1) is 0 Å². The highest BCUT2D eigenvalue weighted by Crippen LogP contribution is 2.19. The Morgan fingerprint density at radius 2 is 2.11 bits per heavy atom. The Hall–Kier alpha value is -1.55. The molecule has 1 aromatic carbocycles. The molecule has 0 spiro atoms. The Kier molecular flexibility index (Phi) is 4.43. The van der Waals surface area contributed by atoms with Gasteiger partial charge in [0.2, 0.25) is 0 Å². The lowest BCUT2D eigenvalue weighted by Crippen LogP contribution is -2.37. The zero-order chi connectivity index (χ0) is 13.8. The minimum atomic E-state index is -0.768. The quantitative estimate of drug-likeness (QED) is 0.841. The number of hydrogen-bond donors (Lipinski definition) is 1. The lowest BCUT2D eigenvalue weighted by molar-refractivity contribution is -0.154. The van der Waals surface area contributed by atoms with Crippen molar-refractivity contribution >= 4 is 23.5 Å². The van der Waals surface area contributed by atoms with Gasteiger partial charge in [0.1, 0.15) is 0 Å². The highest BCUT2D eigenvalue weighted by Gasteiger charge is 2.27. The van der Waals surface area contributed by atoms with E-state index < -0.39 is 12.1 Å². The number of nitrogens with one attached hydrogen (secondary N) is 1. The molecule has 1 aliphatic carbocycles. The van der Waals surface area contributed by atoms with E-state index in [1.807, 2.05) is 0 Å². The molecule has 0 bridgehead atoms. The lowest BCUT2D eigenvalue weighted by atomic mass is 10.1. The fourth-order valence-electron chi connectivity index (χ4n) is 1.64. The van der Waals surface area contributed by atoms with Crippen LogP contribution in [-0.4, -0.2) is 24.0 Å². The van der Waals surface area contributed by atoms with E-state index in [2.05, 4.69) is 5.32 Å². The van der Waals surface area contributed by atoms with Crippen LogP contribution in [0.3, 0.4) is 0 Å². The third-order valence-corrected chi connectivity index (χ3v) is 3.26. The molecule has 4 nitrogen and oxygen atoms in total. The molecule has 1 atom stereocenters. The van der Waals surface area contributed by atoms with Gasteiger partial charge in [0.15, 0.2) is 6.10 Å². The largest absolute Gasteiger partial charge is 0.452 e. The van der Waals surface area contributed by atoms with E-state index in [1.165, 1.54) is 0 Å². The highest BCUT2D eigenvalue weighted by molar-refractivity contribution is 6.31. The smallest absolute Gasteiger partial charge is 0.311 e. The number of ether oxygens (including phenoxy) is 1. The third-order valence-electron chi connectivity index (χ3n) is 2.89. The van der Waals surface area contributed by atoms with Crippen LogP contribution in [0.5, 0.6) is 0 Å². The van der Waals surface area contributed by atoms with Crippen LogP contribution in [0.2, 0.25) is 5.02 Å². The molecule has 1 amide bonds. The molecule has 0 unspecified atom stereocenters. The van der Waals surface area contributed by atoms with E-state index in [0.29, 0.717) is 10.6 Å². The zero-order valence-corrected chi connectivity index (χ0v) is 11.4. The normalized spacial score (nSPS) is 15.7. The number of halogens is 1. The first kappa shape index (κ1) is 13.9. The number of carbonyl (C=O) groups is 2. The topological polar surface area (TPSA) is 55.4 Å². The Balaban J connectivity index is 1.83. The summed E-state index contributed by atoms with van der Waals surface area (Å²) in [6, 6.07) is 7.34. The van der Waals surface area contributed by atoms with Crippen molar-refractivity contribution in [3.8, 4) is 0 Å². The summed E-state index contributed by atoms with van der Waals surface area (Å²) < 4.78 is 5.09. The van der Waals surface area contributed by atoms with Crippen LogP contribution in [0.1, 0.15) is 25.3 Å². The zero-order valence-electron chi connectivity index (χ0n) is 10.7. The van der Waals surface area contributed by atoms with Gasteiger partial charge in [0.25, 0.3) is 5.91 Å². The molecule has 0 aliphatic heterocycles. The molecule has 19 heavy (non-hydrogen) atoms. The monoisotopic (exact) mass is 281 g/mol. The summed E-state index contributed by atoms with van der Waals surface area (Å²) in [6.07, 6.45) is 1.31. The molecule has 2 rings (SSSR count). The van der Waals surface area contributed by atoms with Crippen LogP contribution in [0.15, 0.2) is 24.3 Å². The molecule has 1 fully saturated rings. The molecule has 1 aliphatic rings. The first-order valence-electron chi connectivity index (χ1n) is 6.29. The average molecular weight is 282 g/mol. The van der Waals surface area contributed by atoms with Crippen molar-refractivity contribution in [3.05, 3.63) is 34.9 Å². The third kappa shape index (κ3) is 4.24. The predicted molar refractivity (Wildman–Crippen MR) is 71.9 cm³/mol. The molecule has 0 saturated heterocycles. The summed E-state index contributed by atoms with van der Waals surface area (Å²) in [5.41, 5.74) is 0.698. The minimum absolute atomic E-state index is 0.0702. The first-order chi connectivity index (χ1) is 9.06. The molecular formula is C14H16ClNO3. The van der Waals surface area contributed by atoms with Gasteiger partial charge < -0.3 is 10.1 Å². The van der Waals surface area contributed by atoms with Gasteiger partial charge in [-0.2, -0.15) is 0 Å². The molecule has 5 heteroatoms. The Morgan fingerprint density at radius 3 is 2.74 bits per heavy atom. The van der Waals surface area contributed by atoms with Gasteiger partial charge in [-0.3, -0.25) is 9.59 Å². The standard InChI is InChI=1S/C14H16ClNO3/c1-9(14(18)16-11-6-7-11)19-13(17)8-10-4-2-3-5-12(10)15/h2-5,9,11H,6-8H2,1H3,(H,16,18)/t9-/m1/s1. The lowest BCUT2D eigenvalue weighted by Gasteiger charge is -2.13. The minimum Gasteiger partial charge on any atom is -0.452 e. The summed E-state index contributed by atoms with van der Waals surface area (Å²) in [7, 11) is 0. The molecule has 0 aromatic heterocycles. The van der Waals surface area contributed by atoms with Crippen LogP contribution < -0.4 is 5.32 Å². The van der Waals surface area contributed by atoms with E-state index in [-0.39, 0.29) is 18.4 Å². The van der Waals surface area contributed by atoms with Gasteiger partial charge in [0, 0.05) is 11.1 Å². The van der Waals surface area contributed by atoms with Crippen LogP contribution >= 0.6 is 11.6 Å². The molecule has 0 radical (unpaired) electrons. The highest BCUT2D eigenvalue weighted by atomic mass is 35.5. The van der Waals surface area contributed by atoms with Crippen molar-refractivity contribution in [2.45, 2.75) is 38.3 Å². The summed E-state index contributed by atoms with van der Waals surface area (Å²) >= 11 is 5.96. The van der Waals surface area contributed by atoms with E-state index >= 15 is 0 Å². The summed E-state index contributed by atoms with van der Waals surface area (Å²) in [6.45, 7) is 1.57. The fraction of sp³-hybridized carbons (Fsp3) is 0.429. The Bertz CT molecular complexity index is 485. The maximum absolute atomic E-state index is 11.7. The number of benzene rings is 1. The first-order valence-corrected chi connectivity index (χ1v) is 6.67. The van der Waals surface area contributed by atoms with Crippen molar-refractivity contribution in [1.82, 2.24) is 5.32 Å². The molecule has 1 aromatic rings. The fourth-order valence-corrected chi connectivity index (χ4v) is 1.84.